The van der Waals surface area contributed by atoms with Crippen molar-refractivity contribution >= 4 is 44.4 Å². The van der Waals surface area contributed by atoms with Crippen LogP contribution < -0.4 is 15.8 Å². The Bertz CT molecular complexity index is 872. The number of nitrogens with one attached hydrogen (secondary N) is 1. The largest absolute Gasteiger partial charge is 0.494 e. The van der Waals surface area contributed by atoms with E-state index in [1.165, 1.54) is 17.4 Å². The molecule has 0 aliphatic carbocycles. The van der Waals surface area contributed by atoms with Crippen LogP contribution in [0.15, 0.2) is 48.5 Å². The molecule has 0 aliphatic heterocycles. The van der Waals surface area contributed by atoms with E-state index in [4.69, 9.17) is 10.5 Å². The maximum Gasteiger partial charge on any atom is 0.248 e. The predicted molar refractivity (Wildman–Crippen MR) is 94.7 cm³/mol. The molecule has 0 unspecified atom stereocenters. The van der Waals surface area contributed by atoms with E-state index in [2.05, 4.69) is 10.3 Å². The average molecular weight is 325 g/mol. The summed E-state index contributed by atoms with van der Waals surface area (Å²) in [5.74, 6) is 0.366. The van der Waals surface area contributed by atoms with Crippen LogP contribution in [0.5, 0.6) is 5.75 Å². The van der Waals surface area contributed by atoms with Gasteiger partial charge in [-0.25, -0.2) is 4.98 Å². The number of hydrogen-bond acceptors (Lipinski definition) is 5. The minimum absolute atomic E-state index is 0.215. The number of methoxy groups -OCH3 is 1. The molecule has 23 heavy (non-hydrogen) atoms. The Morgan fingerprint density at radius 1 is 1.30 bits per heavy atom. The fraction of sp³-hybridized carbons (Fsp3) is 0.0588. The maximum absolute atomic E-state index is 12.1. The Morgan fingerprint density at radius 2 is 2.09 bits per heavy atom. The monoisotopic (exact) mass is 325 g/mol. The molecular weight excluding hydrogens is 310 g/mol. The van der Waals surface area contributed by atoms with Gasteiger partial charge in [0.25, 0.3) is 0 Å². The smallest absolute Gasteiger partial charge is 0.248 e. The number of fused-ring (bicyclic) bond motifs is 1. The molecule has 0 fully saturated rings. The van der Waals surface area contributed by atoms with Crippen LogP contribution in [0.25, 0.3) is 16.3 Å². The summed E-state index contributed by atoms with van der Waals surface area (Å²) in [5, 5.41) is 3.28. The lowest BCUT2D eigenvalue weighted by Crippen LogP contribution is -2.07. The summed E-state index contributed by atoms with van der Waals surface area (Å²) < 4.78 is 6.18. The number of aromatic nitrogens is 1. The number of carbonyl (C=O) groups excluding carboxylic acids is 1. The zero-order valence-electron chi connectivity index (χ0n) is 12.4. The van der Waals surface area contributed by atoms with Gasteiger partial charge >= 0.3 is 0 Å². The van der Waals surface area contributed by atoms with Crippen molar-refractivity contribution < 1.29 is 9.53 Å². The highest BCUT2D eigenvalue weighted by atomic mass is 32.1. The number of rotatable bonds is 4. The van der Waals surface area contributed by atoms with Crippen molar-refractivity contribution in [1.82, 2.24) is 4.98 Å². The van der Waals surface area contributed by atoms with E-state index in [0.29, 0.717) is 22.1 Å². The van der Waals surface area contributed by atoms with E-state index < -0.39 is 0 Å². The van der Waals surface area contributed by atoms with Gasteiger partial charge in [0.15, 0.2) is 5.13 Å². The maximum atomic E-state index is 12.1. The highest BCUT2D eigenvalue weighted by molar-refractivity contribution is 7.22. The van der Waals surface area contributed by atoms with Crippen LogP contribution in [0.4, 0.5) is 10.8 Å². The van der Waals surface area contributed by atoms with Gasteiger partial charge < -0.3 is 15.8 Å². The molecule has 0 aliphatic rings. The van der Waals surface area contributed by atoms with Gasteiger partial charge in [-0.1, -0.05) is 41.7 Å². The number of amides is 1. The summed E-state index contributed by atoms with van der Waals surface area (Å²) in [6, 6.07) is 13.2. The minimum Gasteiger partial charge on any atom is -0.494 e. The fourth-order valence-corrected chi connectivity index (χ4v) is 2.95. The number of benzene rings is 2. The van der Waals surface area contributed by atoms with Crippen LogP contribution in [0.3, 0.4) is 0 Å². The lowest BCUT2D eigenvalue weighted by atomic mass is 10.2. The van der Waals surface area contributed by atoms with Crippen molar-refractivity contribution in [3.8, 4) is 5.75 Å². The van der Waals surface area contributed by atoms with Gasteiger partial charge in [0.1, 0.15) is 11.3 Å². The standard InChI is InChI=1S/C17H15N3O2S/c1-22-13-9-12(10-14-16(13)20-17(18)23-14)19-15(21)8-7-11-5-3-2-4-6-11/h2-10H,1H3,(H2,18,20)(H,19,21)/b8-7+. The van der Waals surface area contributed by atoms with Crippen molar-refractivity contribution in [2.75, 3.05) is 18.2 Å². The Morgan fingerprint density at radius 3 is 2.83 bits per heavy atom. The van der Waals surface area contributed by atoms with Crippen LogP contribution >= 0.6 is 11.3 Å². The molecule has 3 N–H and O–H groups in total. The van der Waals surface area contributed by atoms with Crippen LogP contribution in [0.1, 0.15) is 5.56 Å². The molecule has 1 heterocycles. The molecule has 0 spiro atoms. The van der Waals surface area contributed by atoms with Crippen LogP contribution in [-0.4, -0.2) is 18.0 Å². The van der Waals surface area contributed by atoms with Gasteiger partial charge in [0.2, 0.25) is 5.91 Å². The molecule has 1 amide bonds. The van der Waals surface area contributed by atoms with Gasteiger partial charge in [-0.05, 0) is 17.7 Å². The number of thiazole rings is 1. The Balaban J connectivity index is 1.80. The van der Waals surface area contributed by atoms with Crippen molar-refractivity contribution in [2.45, 2.75) is 0 Å². The molecule has 5 nitrogen and oxygen atoms in total. The summed E-state index contributed by atoms with van der Waals surface area (Å²) in [5.41, 5.74) is 8.04. The van der Waals surface area contributed by atoms with E-state index in [1.54, 1.807) is 19.3 Å². The third kappa shape index (κ3) is 3.49. The molecule has 0 saturated carbocycles. The van der Waals surface area contributed by atoms with Crippen molar-refractivity contribution in [3.63, 3.8) is 0 Å². The number of nitrogens with two attached hydrogens (primary N) is 1. The number of nitrogens with zero attached hydrogens (tertiary/aromatic N) is 1. The molecule has 0 bridgehead atoms. The third-order valence-electron chi connectivity index (χ3n) is 3.19. The highest BCUT2D eigenvalue weighted by Crippen LogP contribution is 2.34. The van der Waals surface area contributed by atoms with Gasteiger partial charge in [-0.3, -0.25) is 4.79 Å². The predicted octanol–water partition coefficient (Wildman–Crippen LogP) is 3.54. The number of ether oxygens (including phenoxy) is 1. The Hall–Kier alpha value is -2.86. The summed E-state index contributed by atoms with van der Waals surface area (Å²) in [6.45, 7) is 0. The topological polar surface area (TPSA) is 77.2 Å². The van der Waals surface area contributed by atoms with Crippen molar-refractivity contribution in [3.05, 3.63) is 54.1 Å². The van der Waals surface area contributed by atoms with E-state index in [9.17, 15) is 4.79 Å². The summed E-state index contributed by atoms with van der Waals surface area (Å²) in [6.07, 6.45) is 3.25. The molecular formula is C17H15N3O2S. The molecule has 0 saturated heterocycles. The van der Waals surface area contributed by atoms with Gasteiger partial charge in [-0.2, -0.15) is 0 Å². The molecule has 6 heteroatoms. The second kappa shape index (κ2) is 6.50. The first-order valence-corrected chi connectivity index (χ1v) is 7.75. The van der Waals surface area contributed by atoms with E-state index in [0.717, 1.165) is 10.3 Å². The van der Waals surface area contributed by atoms with E-state index in [-0.39, 0.29) is 5.91 Å². The van der Waals surface area contributed by atoms with Crippen LogP contribution in [-0.2, 0) is 4.79 Å². The van der Waals surface area contributed by atoms with Crippen molar-refractivity contribution in [1.29, 1.82) is 0 Å². The van der Waals surface area contributed by atoms with Crippen LogP contribution in [0.2, 0.25) is 0 Å². The second-order valence-corrected chi connectivity index (χ2v) is 5.87. The SMILES string of the molecule is COc1cc(NC(=O)/C=C/c2ccccc2)cc2sc(N)nc12. The molecule has 2 aromatic carbocycles. The first kappa shape index (κ1) is 15.1. The van der Waals surface area contributed by atoms with Gasteiger partial charge in [0, 0.05) is 17.8 Å². The number of carbonyl (C=O) groups is 1. The van der Waals surface area contributed by atoms with E-state index in [1.807, 2.05) is 36.4 Å². The third-order valence-corrected chi connectivity index (χ3v) is 4.02. The molecule has 0 atom stereocenters. The quantitative estimate of drug-likeness (QED) is 0.719. The Labute approximate surface area is 137 Å². The fourth-order valence-electron chi connectivity index (χ4n) is 2.16. The average Bonchev–Trinajstić information content (AvgIpc) is 2.93. The molecule has 3 aromatic rings. The summed E-state index contributed by atoms with van der Waals surface area (Å²) >= 11 is 1.35. The summed E-state index contributed by atoms with van der Waals surface area (Å²) in [4.78, 5) is 16.3. The first-order chi connectivity index (χ1) is 11.2. The van der Waals surface area contributed by atoms with Gasteiger partial charge in [-0.15, -0.1) is 0 Å². The van der Waals surface area contributed by atoms with E-state index >= 15 is 0 Å². The molecule has 116 valence electrons. The lowest BCUT2D eigenvalue weighted by Gasteiger charge is -2.06. The highest BCUT2D eigenvalue weighted by Gasteiger charge is 2.10. The zero-order chi connectivity index (χ0) is 16.2. The number of nitrogen functional groups attached to an aromatic ring is 1. The zero-order valence-corrected chi connectivity index (χ0v) is 13.3. The number of anilines is 2. The van der Waals surface area contributed by atoms with Crippen molar-refractivity contribution in [2.24, 2.45) is 0 Å². The normalized spacial score (nSPS) is 11.0. The Kier molecular flexibility index (Phi) is 4.25. The minimum atomic E-state index is -0.215. The van der Waals surface area contributed by atoms with Crippen LogP contribution in [0, 0.1) is 0 Å². The number of hydrogen-bond donors (Lipinski definition) is 2. The molecule has 1 aromatic heterocycles. The lowest BCUT2D eigenvalue weighted by molar-refractivity contribution is -0.111. The molecule has 3 rings (SSSR count). The van der Waals surface area contributed by atoms with Gasteiger partial charge in [0.05, 0.1) is 11.8 Å². The molecule has 0 radical (unpaired) electrons. The first-order valence-electron chi connectivity index (χ1n) is 6.94. The second-order valence-electron chi connectivity index (χ2n) is 4.81. The summed E-state index contributed by atoms with van der Waals surface area (Å²) in [7, 11) is 1.56.